The molecule has 1 atom stereocenters. The Bertz CT molecular complexity index is 266. The van der Waals surface area contributed by atoms with Crippen molar-refractivity contribution in [1.82, 2.24) is 0 Å². The van der Waals surface area contributed by atoms with Crippen molar-refractivity contribution in [2.45, 2.75) is 12.7 Å². The van der Waals surface area contributed by atoms with Gasteiger partial charge in [0.05, 0.1) is 13.2 Å². The predicted octanol–water partition coefficient (Wildman–Crippen LogP) is 1.90. The zero-order chi connectivity index (χ0) is 8.39. The van der Waals surface area contributed by atoms with Gasteiger partial charge in [-0.2, -0.15) is 0 Å². The summed E-state index contributed by atoms with van der Waals surface area (Å²) in [6, 6.07) is 8.35. The summed E-state index contributed by atoms with van der Waals surface area (Å²) in [5.41, 5.74) is 2.48. The van der Waals surface area contributed by atoms with E-state index in [0.29, 0.717) is 12.7 Å². The second kappa shape index (κ2) is 3.25. The molecule has 1 saturated heterocycles. The van der Waals surface area contributed by atoms with Crippen LogP contribution in [0.1, 0.15) is 17.2 Å². The standard InChI is InChI=1S/C10H12O2/c1-11-6-8-3-2-4-9(5-8)10-7-12-10/h2-5,10H,6-7H2,1H3. The lowest BCUT2D eigenvalue weighted by Crippen LogP contribution is -1.89. The molecule has 1 heterocycles. The average Bonchev–Trinajstić information content (AvgIpc) is 2.88. The average molecular weight is 164 g/mol. The highest BCUT2D eigenvalue weighted by Gasteiger charge is 2.24. The summed E-state index contributed by atoms with van der Waals surface area (Å²) in [4.78, 5) is 0. The Morgan fingerprint density at radius 2 is 2.42 bits per heavy atom. The Morgan fingerprint density at radius 1 is 1.58 bits per heavy atom. The SMILES string of the molecule is COCc1cccc(C2CO2)c1. The van der Waals surface area contributed by atoms with Crippen LogP contribution in [-0.4, -0.2) is 13.7 Å². The van der Waals surface area contributed by atoms with Crippen LogP contribution in [0.3, 0.4) is 0 Å². The fraction of sp³-hybridized carbons (Fsp3) is 0.400. The molecule has 2 heteroatoms. The van der Waals surface area contributed by atoms with E-state index >= 15 is 0 Å². The van der Waals surface area contributed by atoms with Gasteiger partial charge < -0.3 is 9.47 Å². The fourth-order valence-corrected chi connectivity index (χ4v) is 1.29. The van der Waals surface area contributed by atoms with Gasteiger partial charge in [0.2, 0.25) is 0 Å². The molecular weight excluding hydrogens is 152 g/mol. The van der Waals surface area contributed by atoms with E-state index in [0.717, 1.165) is 6.61 Å². The molecule has 2 rings (SSSR count). The van der Waals surface area contributed by atoms with Crippen LogP contribution in [0, 0.1) is 0 Å². The first kappa shape index (κ1) is 7.77. The number of ether oxygens (including phenoxy) is 2. The Morgan fingerprint density at radius 3 is 3.08 bits per heavy atom. The number of epoxide rings is 1. The normalized spacial score (nSPS) is 20.9. The maximum absolute atomic E-state index is 5.19. The van der Waals surface area contributed by atoms with Crippen LogP contribution in [0.25, 0.3) is 0 Å². The summed E-state index contributed by atoms with van der Waals surface area (Å²) in [6.45, 7) is 1.55. The van der Waals surface area contributed by atoms with E-state index in [1.54, 1.807) is 7.11 Å². The number of rotatable bonds is 3. The molecule has 1 aromatic rings. The molecule has 0 N–H and O–H groups in total. The third-order valence-electron chi connectivity index (χ3n) is 1.97. The van der Waals surface area contributed by atoms with Crippen LogP contribution in [-0.2, 0) is 16.1 Å². The number of hydrogen-bond donors (Lipinski definition) is 0. The molecule has 0 aliphatic carbocycles. The number of benzene rings is 1. The Balaban J connectivity index is 2.15. The van der Waals surface area contributed by atoms with E-state index in [1.807, 2.05) is 6.07 Å². The minimum Gasteiger partial charge on any atom is -0.380 e. The second-order valence-electron chi connectivity index (χ2n) is 3.00. The van der Waals surface area contributed by atoms with Crippen molar-refractivity contribution in [3.05, 3.63) is 35.4 Å². The van der Waals surface area contributed by atoms with Gasteiger partial charge in [-0.25, -0.2) is 0 Å². The summed E-state index contributed by atoms with van der Waals surface area (Å²) in [7, 11) is 1.71. The molecule has 1 fully saturated rings. The monoisotopic (exact) mass is 164 g/mol. The smallest absolute Gasteiger partial charge is 0.106 e. The predicted molar refractivity (Wildman–Crippen MR) is 45.8 cm³/mol. The van der Waals surface area contributed by atoms with Gasteiger partial charge in [0, 0.05) is 7.11 Å². The van der Waals surface area contributed by atoms with E-state index < -0.39 is 0 Å². The molecule has 0 aromatic heterocycles. The van der Waals surface area contributed by atoms with Crippen molar-refractivity contribution in [2.75, 3.05) is 13.7 Å². The van der Waals surface area contributed by atoms with E-state index in [2.05, 4.69) is 18.2 Å². The summed E-state index contributed by atoms with van der Waals surface area (Å²) in [6.07, 6.45) is 0.349. The Labute approximate surface area is 72.1 Å². The van der Waals surface area contributed by atoms with Gasteiger partial charge in [0.15, 0.2) is 0 Å². The van der Waals surface area contributed by atoms with Gasteiger partial charge in [-0.15, -0.1) is 0 Å². The zero-order valence-electron chi connectivity index (χ0n) is 7.12. The summed E-state index contributed by atoms with van der Waals surface area (Å²) >= 11 is 0. The lowest BCUT2D eigenvalue weighted by molar-refractivity contribution is 0.185. The molecule has 1 aromatic carbocycles. The van der Waals surface area contributed by atoms with Crippen LogP contribution < -0.4 is 0 Å². The van der Waals surface area contributed by atoms with Crippen LogP contribution in [0.4, 0.5) is 0 Å². The van der Waals surface area contributed by atoms with E-state index in [9.17, 15) is 0 Å². The van der Waals surface area contributed by atoms with Gasteiger partial charge in [0.1, 0.15) is 6.10 Å². The quantitative estimate of drug-likeness (QED) is 0.636. The fourth-order valence-electron chi connectivity index (χ4n) is 1.29. The topological polar surface area (TPSA) is 21.8 Å². The number of hydrogen-bond acceptors (Lipinski definition) is 2. The van der Waals surface area contributed by atoms with Crippen molar-refractivity contribution < 1.29 is 9.47 Å². The molecular formula is C10H12O2. The van der Waals surface area contributed by atoms with Gasteiger partial charge in [0.25, 0.3) is 0 Å². The summed E-state index contributed by atoms with van der Waals surface area (Å²) in [5, 5.41) is 0. The third kappa shape index (κ3) is 1.65. The Hall–Kier alpha value is -0.860. The molecule has 1 unspecified atom stereocenters. The van der Waals surface area contributed by atoms with Crippen LogP contribution in [0.2, 0.25) is 0 Å². The highest BCUT2D eigenvalue weighted by atomic mass is 16.6. The number of methoxy groups -OCH3 is 1. The maximum Gasteiger partial charge on any atom is 0.106 e. The summed E-state index contributed by atoms with van der Waals surface area (Å²) < 4.78 is 10.2. The molecule has 1 aliphatic rings. The molecule has 0 saturated carbocycles. The largest absolute Gasteiger partial charge is 0.380 e. The first-order valence-electron chi connectivity index (χ1n) is 4.09. The molecule has 0 radical (unpaired) electrons. The maximum atomic E-state index is 5.19. The molecule has 1 aliphatic heterocycles. The van der Waals surface area contributed by atoms with Gasteiger partial charge in [-0.1, -0.05) is 24.3 Å². The minimum absolute atomic E-state index is 0.349. The van der Waals surface area contributed by atoms with Crippen LogP contribution in [0.5, 0.6) is 0 Å². The first-order valence-corrected chi connectivity index (χ1v) is 4.09. The van der Waals surface area contributed by atoms with Gasteiger partial charge in [-0.05, 0) is 11.1 Å². The lowest BCUT2D eigenvalue weighted by Gasteiger charge is -2.01. The van der Waals surface area contributed by atoms with Crippen molar-refractivity contribution in [3.8, 4) is 0 Å². The van der Waals surface area contributed by atoms with Gasteiger partial charge in [-0.3, -0.25) is 0 Å². The zero-order valence-corrected chi connectivity index (χ0v) is 7.12. The molecule has 64 valence electrons. The van der Waals surface area contributed by atoms with E-state index in [1.165, 1.54) is 11.1 Å². The molecule has 2 nitrogen and oxygen atoms in total. The van der Waals surface area contributed by atoms with Crippen molar-refractivity contribution in [3.63, 3.8) is 0 Å². The van der Waals surface area contributed by atoms with E-state index in [4.69, 9.17) is 9.47 Å². The molecule has 12 heavy (non-hydrogen) atoms. The molecule has 0 spiro atoms. The first-order chi connectivity index (χ1) is 5.90. The van der Waals surface area contributed by atoms with Crippen LogP contribution in [0.15, 0.2) is 24.3 Å². The lowest BCUT2D eigenvalue weighted by atomic mass is 10.1. The molecule has 0 bridgehead atoms. The molecule has 0 amide bonds. The highest BCUT2D eigenvalue weighted by Crippen LogP contribution is 2.29. The third-order valence-corrected chi connectivity index (χ3v) is 1.97. The summed E-state index contributed by atoms with van der Waals surface area (Å²) in [5.74, 6) is 0. The minimum atomic E-state index is 0.349. The van der Waals surface area contributed by atoms with Crippen molar-refractivity contribution >= 4 is 0 Å². The van der Waals surface area contributed by atoms with Crippen molar-refractivity contribution in [1.29, 1.82) is 0 Å². The van der Waals surface area contributed by atoms with Crippen LogP contribution >= 0.6 is 0 Å². The Kier molecular flexibility index (Phi) is 2.11. The second-order valence-corrected chi connectivity index (χ2v) is 3.00. The van der Waals surface area contributed by atoms with Gasteiger partial charge >= 0.3 is 0 Å². The van der Waals surface area contributed by atoms with Crippen molar-refractivity contribution in [2.24, 2.45) is 0 Å². The highest BCUT2D eigenvalue weighted by molar-refractivity contribution is 5.26. The van der Waals surface area contributed by atoms with E-state index in [-0.39, 0.29) is 0 Å².